The third-order valence-electron chi connectivity index (χ3n) is 5.14. The van der Waals surface area contributed by atoms with Crippen molar-refractivity contribution < 1.29 is 4.79 Å². The van der Waals surface area contributed by atoms with E-state index in [1.807, 2.05) is 34.8 Å². The van der Waals surface area contributed by atoms with Crippen molar-refractivity contribution in [2.75, 3.05) is 5.32 Å². The average molecular weight is 424 g/mol. The van der Waals surface area contributed by atoms with Gasteiger partial charge in [0.05, 0.1) is 5.69 Å². The van der Waals surface area contributed by atoms with Crippen molar-refractivity contribution >= 4 is 17.4 Å². The highest BCUT2D eigenvalue weighted by Gasteiger charge is 2.32. The summed E-state index contributed by atoms with van der Waals surface area (Å²) in [6.45, 7) is 18.1. The van der Waals surface area contributed by atoms with E-state index in [9.17, 15) is 4.79 Å². The van der Waals surface area contributed by atoms with Gasteiger partial charge in [-0.25, -0.2) is 9.50 Å². The van der Waals surface area contributed by atoms with Gasteiger partial charge in [0, 0.05) is 23.7 Å². The van der Waals surface area contributed by atoms with Crippen LogP contribution in [-0.2, 0) is 12.0 Å². The smallest absolute Gasteiger partial charge is 0.256 e. The largest absolute Gasteiger partial charge is 0.364 e. The molecular formula is C25H37N5O. The van der Waals surface area contributed by atoms with Gasteiger partial charge in [0.15, 0.2) is 11.5 Å². The number of anilines is 1. The molecule has 1 amide bonds. The third kappa shape index (κ3) is 5.49. The molecule has 0 spiro atoms. The molecule has 0 saturated carbocycles. The van der Waals surface area contributed by atoms with Gasteiger partial charge in [-0.05, 0) is 31.2 Å². The minimum Gasteiger partial charge on any atom is -0.364 e. The molecule has 168 valence electrons. The van der Waals surface area contributed by atoms with Crippen molar-refractivity contribution in [1.29, 1.82) is 0 Å². The molecule has 6 nitrogen and oxygen atoms in total. The first-order valence-corrected chi connectivity index (χ1v) is 11.0. The van der Waals surface area contributed by atoms with Gasteiger partial charge in [0.1, 0.15) is 5.56 Å². The fourth-order valence-electron chi connectivity index (χ4n) is 4.29. The van der Waals surface area contributed by atoms with E-state index in [0.29, 0.717) is 17.8 Å². The Hall–Kier alpha value is -2.76. The van der Waals surface area contributed by atoms with Crippen LogP contribution in [-0.4, -0.2) is 26.0 Å². The van der Waals surface area contributed by atoms with Gasteiger partial charge in [-0.3, -0.25) is 9.89 Å². The summed E-state index contributed by atoms with van der Waals surface area (Å²) in [6, 6.07) is 9.91. The van der Waals surface area contributed by atoms with E-state index in [-0.39, 0.29) is 22.3 Å². The molecule has 31 heavy (non-hydrogen) atoms. The molecule has 1 aromatic carbocycles. The number of nitrogens with one attached hydrogen (secondary N) is 3. The summed E-state index contributed by atoms with van der Waals surface area (Å²) < 4.78 is 1.91. The number of hydrogen-bond donors (Lipinski definition) is 3. The maximum atomic E-state index is 12.9. The van der Waals surface area contributed by atoms with Crippen LogP contribution in [0.1, 0.15) is 83.4 Å². The quantitative estimate of drug-likeness (QED) is 0.489. The Morgan fingerprint density at radius 1 is 1.03 bits per heavy atom. The van der Waals surface area contributed by atoms with Crippen molar-refractivity contribution in [3.8, 4) is 0 Å². The number of nitrogens with zero attached hydrogens (tertiary/aromatic N) is 2. The lowest BCUT2D eigenvalue weighted by atomic mass is 9.81. The molecule has 2 aromatic heterocycles. The van der Waals surface area contributed by atoms with Gasteiger partial charge in [-0.15, -0.1) is 0 Å². The summed E-state index contributed by atoms with van der Waals surface area (Å²) in [6.07, 6.45) is 2.72. The van der Waals surface area contributed by atoms with Gasteiger partial charge in [-0.1, -0.05) is 71.9 Å². The van der Waals surface area contributed by atoms with Crippen molar-refractivity contribution in [3.05, 3.63) is 53.3 Å². The van der Waals surface area contributed by atoms with Gasteiger partial charge < -0.3 is 10.6 Å². The SMILES string of the molecule is CC(C)(C)CC(C)(C)Nc1c(C(C)(C)C)nc2c(C(=O)NCc3ccccc3)c[nH]n12. The standard InChI is InChI=1S/C25H37N5O/c1-23(2,3)16-25(7,8)29-21-19(24(4,5)6)28-20-18(15-27-30(20)21)22(31)26-14-17-12-10-9-11-13-17/h9-13,15,27,29H,14,16H2,1-8H3,(H,26,31). The van der Waals surface area contributed by atoms with Crippen LogP contribution in [0.5, 0.6) is 0 Å². The fraction of sp³-hybridized carbons (Fsp3) is 0.520. The monoisotopic (exact) mass is 423 g/mol. The number of fused-ring (bicyclic) bond motifs is 1. The number of aromatic amines is 1. The Kier molecular flexibility index (Phi) is 5.96. The lowest BCUT2D eigenvalue weighted by Gasteiger charge is -2.34. The molecule has 0 bridgehead atoms. The third-order valence-corrected chi connectivity index (χ3v) is 5.14. The summed E-state index contributed by atoms with van der Waals surface area (Å²) in [5.41, 5.74) is 3.05. The average Bonchev–Trinajstić information content (AvgIpc) is 3.18. The van der Waals surface area contributed by atoms with Gasteiger partial charge in [0.25, 0.3) is 5.91 Å². The van der Waals surface area contributed by atoms with Crippen LogP contribution >= 0.6 is 0 Å². The minimum atomic E-state index is -0.176. The Morgan fingerprint density at radius 2 is 1.68 bits per heavy atom. The van der Waals surface area contributed by atoms with Crippen molar-refractivity contribution in [3.63, 3.8) is 0 Å². The second kappa shape index (κ2) is 8.06. The number of imidazole rings is 1. The summed E-state index contributed by atoms with van der Waals surface area (Å²) in [4.78, 5) is 17.8. The summed E-state index contributed by atoms with van der Waals surface area (Å²) >= 11 is 0. The van der Waals surface area contributed by atoms with Crippen LogP contribution < -0.4 is 10.6 Å². The second-order valence-electron chi connectivity index (χ2n) is 11.3. The van der Waals surface area contributed by atoms with Crippen molar-refractivity contribution in [1.82, 2.24) is 19.9 Å². The van der Waals surface area contributed by atoms with Crippen molar-refractivity contribution in [2.24, 2.45) is 5.41 Å². The van der Waals surface area contributed by atoms with E-state index < -0.39 is 0 Å². The van der Waals surface area contributed by atoms with E-state index in [2.05, 4.69) is 71.1 Å². The highest BCUT2D eigenvalue weighted by Crippen LogP contribution is 2.35. The first-order valence-electron chi connectivity index (χ1n) is 11.0. The molecule has 0 fully saturated rings. The van der Waals surface area contributed by atoms with Crippen LogP contribution in [0.25, 0.3) is 5.65 Å². The first-order chi connectivity index (χ1) is 14.3. The lowest BCUT2D eigenvalue weighted by Crippen LogP contribution is -2.36. The molecule has 6 heteroatoms. The fourth-order valence-corrected chi connectivity index (χ4v) is 4.29. The van der Waals surface area contributed by atoms with E-state index >= 15 is 0 Å². The molecule has 3 aromatic rings. The van der Waals surface area contributed by atoms with Crippen molar-refractivity contribution in [2.45, 2.75) is 79.3 Å². The Balaban J connectivity index is 1.94. The molecule has 3 rings (SSSR count). The maximum absolute atomic E-state index is 12.9. The van der Waals surface area contributed by atoms with E-state index in [1.165, 1.54) is 0 Å². The highest BCUT2D eigenvalue weighted by molar-refractivity contribution is 6.00. The lowest BCUT2D eigenvalue weighted by molar-refractivity contribution is 0.0952. The number of benzene rings is 1. The summed E-state index contributed by atoms with van der Waals surface area (Å²) in [5.74, 6) is 0.778. The Labute approximate surface area is 185 Å². The molecule has 0 aliphatic heterocycles. The number of H-pyrrole nitrogens is 1. The Bertz CT molecular complexity index is 1050. The number of amides is 1. The number of aromatic nitrogens is 3. The molecule has 0 atom stereocenters. The molecule has 2 heterocycles. The van der Waals surface area contributed by atoms with Crippen LogP contribution in [0.15, 0.2) is 36.5 Å². The number of rotatable bonds is 6. The van der Waals surface area contributed by atoms with E-state index in [1.54, 1.807) is 6.20 Å². The van der Waals surface area contributed by atoms with Gasteiger partial charge in [-0.2, -0.15) is 0 Å². The number of hydrogen-bond acceptors (Lipinski definition) is 3. The number of carbonyl (C=O) groups is 1. The molecular weight excluding hydrogens is 386 g/mol. The second-order valence-corrected chi connectivity index (χ2v) is 11.3. The topological polar surface area (TPSA) is 74.2 Å². The predicted octanol–water partition coefficient (Wildman–Crippen LogP) is 5.52. The van der Waals surface area contributed by atoms with Crippen LogP contribution in [0.2, 0.25) is 0 Å². The normalized spacial score (nSPS) is 12.9. The first kappa shape index (κ1) is 22.9. The minimum absolute atomic E-state index is 0.138. The summed E-state index contributed by atoms with van der Waals surface area (Å²) in [7, 11) is 0. The molecule has 0 aliphatic rings. The number of carbonyl (C=O) groups excluding carboxylic acids is 1. The van der Waals surface area contributed by atoms with Crippen LogP contribution in [0.3, 0.4) is 0 Å². The highest BCUT2D eigenvalue weighted by atomic mass is 16.1. The zero-order valence-electron chi connectivity index (χ0n) is 20.2. The summed E-state index contributed by atoms with van der Waals surface area (Å²) in [5, 5.41) is 9.97. The molecule has 0 saturated heterocycles. The van der Waals surface area contributed by atoms with Gasteiger partial charge >= 0.3 is 0 Å². The van der Waals surface area contributed by atoms with E-state index in [4.69, 9.17) is 4.98 Å². The zero-order valence-corrected chi connectivity index (χ0v) is 20.2. The molecule has 0 radical (unpaired) electrons. The maximum Gasteiger partial charge on any atom is 0.256 e. The van der Waals surface area contributed by atoms with Crippen LogP contribution in [0.4, 0.5) is 5.82 Å². The molecule has 0 unspecified atom stereocenters. The van der Waals surface area contributed by atoms with Crippen LogP contribution in [0, 0.1) is 5.41 Å². The molecule has 3 N–H and O–H groups in total. The molecule has 0 aliphatic carbocycles. The van der Waals surface area contributed by atoms with Gasteiger partial charge in [0.2, 0.25) is 0 Å². The Morgan fingerprint density at radius 3 is 2.26 bits per heavy atom. The van der Waals surface area contributed by atoms with E-state index in [0.717, 1.165) is 23.5 Å². The zero-order chi connectivity index (χ0) is 23.0. The predicted molar refractivity (Wildman–Crippen MR) is 128 cm³/mol.